The first-order chi connectivity index (χ1) is 9.67. The van der Waals surface area contributed by atoms with Gasteiger partial charge in [-0.25, -0.2) is 0 Å². The smallest absolute Gasteiger partial charge is 0.227 e. The highest BCUT2D eigenvalue weighted by Gasteiger charge is 2.40. The third-order valence-electron chi connectivity index (χ3n) is 4.68. The normalized spacial score (nSPS) is 20.3. The minimum Gasteiger partial charge on any atom is -0.399 e. The molecule has 21 heavy (non-hydrogen) atoms. The summed E-state index contributed by atoms with van der Waals surface area (Å²) in [5, 5.41) is 0. The van der Waals surface area contributed by atoms with E-state index in [1.165, 1.54) is 0 Å². The van der Waals surface area contributed by atoms with E-state index in [2.05, 4.69) is 0 Å². The van der Waals surface area contributed by atoms with Crippen molar-refractivity contribution in [1.29, 1.82) is 0 Å². The highest BCUT2D eigenvalue weighted by molar-refractivity contribution is 5.85. The van der Waals surface area contributed by atoms with Crippen LogP contribution in [0.2, 0.25) is 0 Å². The third kappa shape index (κ3) is 3.69. The molecule has 2 fully saturated rings. The van der Waals surface area contributed by atoms with Gasteiger partial charge in [0.25, 0.3) is 0 Å². The van der Waals surface area contributed by atoms with Crippen molar-refractivity contribution in [1.82, 2.24) is 4.90 Å². The number of carbonyl (C=O) groups is 1. The maximum Gasteiger partial charge on any atom is 0.227 e. The number of amides is 1. The number of nitrogens with zero attached hydrogens (tertiary/aromatic N) is 1. The quantitative estimate of drug-likeness (QED) is 0.853. The lowest BCUT2D eigenvalue weighted by atomic mass is 9.80. The maximum atomic E-state index is 12.4. The van der Waals surface area contributed by atoms with Crippen molar-refractivity contribution in [3.8, 4) is 0 Å². The van der Waals surface area contributed by atoms with Gasteiger partial charge in [0.2, 0.25) is 5.91 Å². The Hall–Kier alpha value is -1.26. The van der Waals surface area contributed by atoms with Crippen LogP contribution in [0.3, 0.4) is 0 Å². The molecule has 3 rings (SSSR count). The van der Waals surface area contributed by atoms with Crippen molar-refractivity contribution in [2.24, 2.45) is 5.41 Å². The van der Waals surface area contributed by atoms with E-state index in [0.717, 1.165) is 56.8 Å². The van der Waals surface area contributed by atoms with Gasteiger partial charge in [0, 0.05) is 32.0 Å². The Labute approximate surface area is 132 Å². The molecule has 1 spiro atoms. The van der Waals surface area contributed by atoms with Crippen LogP contribution in [0, 0.1) is 5.41 Å². The van der Waals surface area contributed by atoms with Crippen LogP contribution in [0.4, 0.5) is 5.69 Å². The standard InChI is InChI=1S/C16H22N2O2.ClH/c17-14-3-1-13(2-4-14)11-15(19)18-8-5-16(12-18)6-9-20-10-7-16;/h1-4H,5-12,17H2;1H. The summed E-state index contributed by atoms with van der Waals surface area (Å²) in [6.07, 6.45) is 3.80. The summed E-state index contributed by atoms with van der Waals surface area (Å²) in [5.41, 5.74) is 7.77. The Morgan fingerprint density at radius 3 is 2.52 bits per heavy atom. The number of benzene rings is 1. The molecule has 2 N–H and O–H groups in total. The third-order valence-corrected chi connectivity index (χ3v) is 4.68. The fourth-order valence-corrected chi connectivity index (χ4v) is 3.28. The molecule has 1 aromatic carbocycles. The predicted octanol–water partition coefficient (Wildman–Crippen LogP) is 2.26. The van der Waals surface area contributed by atoms with Crippen LogP contribution >= 0.6 is 12.4 Å². The molecule has 0 saturated carbocycles. The average Bonchev–Trinajstić information content (AvgIpc) is 2.86. The largest absolute Gasteiger partial charge is 0.399 e. The van der Waals surface area contributed by atoms with Gasteiger partial charge >= 0.3 is 0 Å². The molecule has 2 saturated heterocycles. The lowest BCUT2D eigenvalue weighted by molar-refractivity contribution is -0.130. The van der Waals surface area contributed by atoms with E-state index in [9.17, 15) is 4.79 Å². The zero-order valence-corrected chi connectivity index (χ0v) is 13.0. The fourth-order valence-electron chi connectivity index (χ4n) is 3.28. The van der Waals surface area contributed by atoms with Gasteiger partial charge in [0.15, 0.2) is 0 Å². The highest BCUT2D eigenvalue weighted by atomic mass is 35.5. The van der Waals surface area contributed by atoms with Gasteiger partial charge in [0.1, 0.15) is 0 Å². The molecule has 0 radical (unpaired) electrons. The summed E-state index contributed by atoms with van der Waals surface area (Å²) in [5.74, 6) is 0.234. The molecule has 0 aliphatic carbocycles. The number of carbonyl (C=O) groups excluding carboxylic acids is 1. The molecule has 2 heterocycles. The van der Waals surface area contributed by atoms with Crippen LogP contribution in [0.15, 0.2) is 24.3 Å². The number of rotatable bonds is 2. The van der Waals surface area contributed by atoms with Gasteiger partial charge in [-0.1, -0.05) is 12.1 Å². The number of nitrogen functional groups attached to an aromatic ring is 1. The van der Waals surface area contributed by atoms with E-state index in [4.69, 9.17) is 10.5 Å². The van der Waals surface area contributed by atoms with Gasteiger partial charge < -0.3 is 15.4 Å². The minimum atomic E-state index is 0. The predicted molar refractivity (Wildman–Crippen MR) is 85.5 cm³/mol. The van der Waals surface area contributed by atoms with Crippen molar-refractivity contribution in [3.05, 3.63) is 29.8 Å². The summed E-state index contributed by atoms with van der Waals surface area (Å²) >= 11 is 0. The lowest BCUT2D eigenvalue weighted by Gasteiger charge is -2.33. The van der Waals surface area contributed by atoms with Gasteiger partial charge in [-0.05, 0) is 42.4 Å². The summed E-state index contributed by atoms with van der Waals surface area (Å²) in [4.78, 5) is 14.4. The second-order valence-electron chi connectivity index (χ2n) is 6.10. The zero-order valence-electron chi connectivity index (χ0n) is 12.2. The molecule has 1 aromatic rings. The number of anilines is 1. The first kappa shape index (κ1) is 16.1. The molecule has 2 aliphatic heterocycles. The number of hydrogen-bond acceptors (Lipinski definition) is 3. The van der Waals surface area contributed by atoms with Gasteiger partial charge in [-0.3, -0.25) is 4.79 Å². The Balaban J connectivity index is 0.00000161. The van der Waals surface area contributed by atoms with Crippen LogP contribution in [0.1, 0.15) is 24.8 Å². The van der Waals surface area contributed by atoms with Crippen molar-refractivity contribution < 1.29 is 9.53 Å². The van der Waals surface area contributed by atoms with E-state index in [0.29, 0.717) is 11.8 Å². The summed E-state index contributed by atoms with van der Waals surface area (Å²) in [7, 11) is 0. The topological polar surface area (TPSA) is 55.6 Å². The maximum absolute atomic E-state index is 12.4. The van der Waals surface area contributed by atoms with E-state index in [1.807, 2.05) is 29.2 Å². The average molecular weight is 311 g/mol. The molecule has 0 aromatic heterocycles. The monoisotopic (exact) mass is 310 g/mol. The Morgan fingerprint density at radius 2 is 1.86 bits per heavy atom. The minimum absolute atomic E-state index is 0. The van der Waals surface area contributed by atoms with Crippen LogP contribution in [-0.2, 0) is 16.0 Å². The van der Waals surface area contributed by atoms with Crippen LogP contribution in [-0.4, -0.2) is 37.1 Å². The van der Waals surface area contributed by atoms with Crippen molar-refractivity contribution >= 4 is 24.0 Å². The highest BCUT2D eigenvalue weighted by Crippen LogP contribution is 2.39. The van der Waals surface area contributed by atoms with Gasteiger partial charge in [0.05, 0.1) is 6.42 Å². The second kappa shape index (κ2) is 6.67. The first-order valence-corrected chi connectivity index (χ1v) is 7.37. The van der Waals surface area contributed by atoms with Crippen molar-refractivity contribution in [3.63, 3.8) is 0 Å². The molecule has 4 nitrogen and oxygen atoms in total. The fraction of sp³-hybridized carbons (Fsp3) is 0.562. The lowest BCUT2D eigenvalue weighted by Crippen LogP contribution is -2.36. The zero-order chi connectivity index (χ0) is 14.0. The number of nitrogens with two attached hydrogens (primary N) is 1. The molecule has 116 valence electrons. The molecule has 0 bridgehead atoms. The number of likely N-dealkylation sites (tertiary alicyclic amines) is 1. The second-order valence-corrected chi connectivity index (χ2v) is 6.10. The van der Waals surface area contributed by atoms with Crippen LogP contribution in [0.5, 0.6) is 0 Å². The molecule has 1 amide bonds. The van der Waals surface area contributed by atoms with Crippen molar-refractivity contribution in [2.75, 3.05) is 32.0 Å². The van der Waals surface area contributed by atoms with Gasteiger partial charge in [-0.2, -0.15) is 0 Å². The SMILES string of the molecule is Cl.Nc1ccc(CC(=O)N2CCC3(CCOCC3)C2)cc1. The molecule has 0 atom stereocenters. The Bertz CT molecular complexity index is 484. The van der Waals surface area contributed by atoms with Gasteiger partial charge in [-0.15, -0.1) is 12.4 Å². The molecule has 5 heteroatoms. The Morgan fingerprint density at radius 1 is 1.19 bits per heavy atom. The molecule has 2 aliphatic rings. The number of hydrogen-bond donors (Lipinski definition) is 1. The van der Waals surface area contributed by atoms with Crippen LogP contribution < -0.4 is 5.73 Å². The first-order valence-electron chi connectivity index (χ1n) is 7.37. The summed E-state index contributed by atoms with van der Waals surface area (Å²) < 4.78 is 5.44. The van der Waals surface area contributed by atoms with E-state index in [1.54, 1.807) is 0 Å². The van der Waals surface area contributed by atoms with E-state index >= 15 is 0 Å². The van der Waals surface area contributed by atoms with E-state index < -0.39 is 0 Å². The van der Waals surface area contributed by atoms with Crippen molar-refractivity contribution in [2.45, 2.75) is 25.7 Å². The molecular formula is C16H23ClN2O2. The number of ether oxygens (including phenoxy) is 1. The summed E-state index contributed by atoms with van der Waals surface area (Å²) in [6, 6.07) is 7.58. The molecule has 0 unspecified atom stereocenters. The molecular weight excluding hydrogens is 288 g/mol. The summed E-state index contributed by atoms with van der Waals surface area (Å²) in [6.45, 7) is 3.50. The van der Waals surface area contributed by atoms with Crippen LogP contribution in [0.25, 0.3) is 0 Å². The van der Waals surface area contributed by atoms with E-state index in [-0.39, 0.29) is 18.3 Å². The number of halogens is 1. The Kier molecular flexibility index (Phi) is 5.12.